The molecule has 2 N–H and O–H groups in total. The van der Waals surface area contributed by atoms with Crippen LogP contribution in [0.4, 0.5) is 5.82 Å². The zero-order chi connectivity index (χ0) is 16.4. The lowest BCUT2D eigenvalue weighted by Gasteiger charge is -2.09. The van der Waals surface area contributed by atoms with E-state index in [2.05, 4.69) is 20.5 Å². The van der Waals surface area contributed by atoms with Gasteiger partial charge < -0.3 is 10.1 Å². The summed E-state index contributed by atoms with van der Waals surface area (Å²) >= 11 is 0. The van der Waals surface area contributed by atoms with Crippen molar-refractivity contribution in [2.45, 2.75) is 20.8 Å². The third-order valence-electron chi connectivity index (χ3n) is 3.51. The Morgan fingerprint density at radius 2 is 2.04 bits per heavy atom. The Kier molecular flexibility index (Phi) is 3.97. The molecule has 0 saturated carbocycles. The minimum absolute atomic E-state index is 0.0719. The van der Waals surface area contributed by atoms with Crippen LogP contribution in [0.25, 0.3) is 11.0 Å². The number of benzene rings is 1. The molecule has 0 spiro atoms. The summed E-state index contributed by atoms with van der Waals surface area (Å²) in [5.74, 6) is 0.899. The van der Waals surface area contributed by atoms with E-state index in [1.54, 1.807) is 0 Å². The summed E-state index contributed by atoms with van der Waals surface area (Å²) in [6.45, 7) is 5.80. The molecule has 6 heteroatoms. The number of aryl methyl sites for hydroxylation is 3. The lowest BCUT2D eigenvalue weighted by atomic mass is 10.1. The molecule has 0 aliphatic carbocycles. The van der Waals surface area contributed by atoms with Crippen molar-refractivity contribution in [3.05, 3.63) is 47.2 Å². The molecule has 2 heterocycles. The Morgan fingerprint density at radius 1 is 1.22 bits per heavy atom. The second kappa shape index (κ2) is 6.08. The number of rotatable bonds is 4. The van der Waals surface area contributed by atoms with Crippen LogP contribution in [-0.4, -0.2) is 27.7 Å². The highest BCUT2D eigenvalue weighted by atomic mass is 16.5. The average Bonchev–Trinajstić information content (AvgIpc) is 2.88. The molecule has 0 atom stereocenters. The van der Waals surface area contributed by atoms with Crippen molar-refractivity contribution in [1.29, 1.82) is 0 Å². The SMILES string of the molecule is Cc1ccc(OCC(=O)Nc2n[nH]c3nc(C)ccc23)c(C)c1. The van der Waals surface area contributed by atoms with Gasteiger partial charge in [0.05, 0.1) is 5.39 Å². The number of aromatic amines is 1. The van der Waals surface area contributed by atoms with E-state index in [0.29, 0.717) is 17.2 Å². The first kappa shape index (κ1) is 15.0. The van der Waals surface area contributed by atoms with Crippen molar-refractivity contribution in [2.75, 3.05) is 11.9 Å². The van der Waals surface area contributed by atoms with Crippen LogP contribution in [0.1, 0.15) is 16.8 Å². The van der Waals surface area contributed by atoms with Gasteiger partial charge in [0, 0.05) is 5.69 Å². The van der Waals surface area contributed by atoms with Gasteiger partial charge in [0.15, 0.2) is 18.1 Å². The molecular weight excluding hydrogens is 292 g/mol. The maximum absolute atomic E-state index is 12.1. The maximum Gasteiger partial charge on any atom is 0.263 e. The number of hydrogen-bond acceptors (Lipinski definition) is 4. The molecule has 0 bridgehead atoms. The predicted octanol–water partition coefficient (Wildman–Crippen LogP) is 2.90. The van der Waals surface area contributed by atoms with Crippen LogP contribution in [0.3, 0.4) is 0 Å². The minimum atomic E-state index is -0.265. The molecule has 1 aromatic carbocycles. The van der Waals surface area contributed by atoms with Crippen molar-refractivity contribution in [3.63, 3.8) is 0 Å². The molecule has 1 amide bonds. The third-order valence-corrected chi connectivity index (χ3v) is 3.51. The Morgan fingerprint density at radius 3 is 2.83 bits per heavy atom. The highest BCUT2D eigenvalue weighted by Gasteiger charge is 2.11. The number of hydrogen-bond donors (Lipinski definition) is 2. The van der Waals surface area contributed by atoms with Gasteiger partial charge in [0.2, 0.25) is 0 Å². The van der Waals surface area contributed by atoms with Crippen LogP contribution in [0.2, 0.25) is 0 Å². The number of anilines is 1. The molecule has 118 valence electrons. The predicted molar refractivity (Wildman–Crippen MR) is 88.7 cm³/mol. The highest BCUT2D eigenvalue weighted by molar-refractivity contribution is 5.99. The summed E-state index contributed by atoms with van der Waals surface area (Å²) in [4.78, 5) is 16.4. The van der Waals surface area contributed by atoms with Gasteiger partial charge in [0.25, 0.3) is 5.91 Å². The molecule has 23 heavy (non-hydrogen) atoms. The van der Waals surface area contributed by atoms with E-state index in [-0.39, 0.29) is 12.5 Å². The van der Waals surface area contributed by atoms with Crippen molar-refractivity contribution in [2.24, 2.45) is 0 Å². The summed E-state index contributed by atoms with van der Waals surface area (Å²) in [6.07, 6.45) is 0. The number of carbonyl (C=O) groups excluding carboxylic acids is 1. The van der Waals surface area contributed by atoms with Crippen LogP contribution in [0.5, 0.6) is 5.75 Å². The first-order valence-electron chi connectivity index (χ1n) is 7.34. The van der Waals surface area contributed by atoms with Crippen LogP contribution < -0.4 is 10.1 Å². The lowest BCUT2D eigenvalue weighted by Crippen LogP contribution is -2.20. The van der Waals surface area contributed by atoms with E-state index in [9.17, 15) is 4.79 Å². The normalized spacial score (nSPS) is 10.7. The maximum atomic E-state index is 12.1. The first-order chi connectivity index (χ1) is 11.0. The van der Waals surface area contributed by atoms with Gasteiger partial charge in [-0.1, -0.05) is 17.7 Å². The van der Waals surface area contributed by atoms with Gasteiger partial charge in [-0.3, -0.25) is 9.89 Å². The summed E-state index contributed by atoms with van der Waals surface area (Å²) in [5, 5.41) is 10.4. The lowest BCUT2D eigenvalue weighted by molar-refractivity contribution is -0.118. The summed E-state index contributed by atoms with van der Waals surface area (Å²) in [5.41, 5.74) is 3.69. The number of nitrogens with one attached hydrogen (secondary N) is 2. The Bertz CT molecular complexity index is 870. The van der Waals surface area contributed by atoms with Crippen molar-refractivity contribution in [3.8, 4) is 5.75 Å². The fourth-order valence-corrected chi connectivity index (χ4v) is 2.37. The number of H-pyrrole nitrogens is 1. The molecule has 3 aromatic rings. The van der Waals surface area contributed by atoms with Gasteiger partial charge in [0.1, 0.15) is 5.75 Å². The largest absolute Gasteiger partial charge is 0.483 e. The van der Waals surface area contributed by atoms with Gasteiger partial charge >= 0.3 is 0 Å². The Balaban J connectivity index is 1.66. The Labute approximate surface area is 133 Å². The molecule has 0 aliphatic rings. The number of fused-ring (bicyclic) bond motifs is 1. The van der Waals surface area contributed by atoms with E-state index in [1.165, 1.54) is 0 Å². The quantitative estimate of drug-likeness (QED) is 0.776. The third kappa shape index (κ3) is 3.31. The monoisotopic (exact) mass is 310 g/mol. The molecule has 6 nitrogen and oxygen atoms in total. The fourth-order valence-electron chi connectivity index (χ4n) is 2.37. The van der Waals surface area contributed by atoms with Crippen molar-refractivity contribution >= 4 is 22.8 Å². The number of amides is 1. The molecule has 0 radical (unpaired) electrons. The number of nitrogens with zero attached hydrogens (tertiary/aromatic N) is 2. The summed E-state index contributed by atoms with van der Waals surface area (Å²) in [7, 11) is 0. The van der Waals surface area contributed by atoms with Gasteiger partial charge in [-0.05, 0) is 44.5 Å². The van der Waals surface area contributed by atoms with Crippen LogP contribution >= 0.6 is 0 Å². The number of pyridine rings is 1. The second-order valence-corrected chi connectivity index (χ2v) is 5.53. The highest BCUT2D eigenvalue weighted by Crippen LogP contribution is 2.20. The number of ether oxygens (including phenoxy) is 1. The second-order valence-electron chi connectivity index (χ2n) is 5.53. The summed E-state index contributed by atoms with van der Waals surface area (Å²) in [6, 6.07) is 9.59. The van der Waals surface area contributed by atoms with E-state index in [0.717, 1.165) is 22.2 Å². The molecule has 0 aliphatic heterocycles. The summed E-state index contributed by atoms with van der Waals surface area (Å²) < 4.78 is 5.57. The van der Waals surface area contributed by atoms with E-state index < -0.39 is 0 Å². The fraction of sp³-hybridized carbons (Fsp3) is 0.235. The molecule has 0 saturated heterocycles. The smallest absolute Gasteiger partial charge is 0.263 e. The van der Waals surface area contributed by atoms with Crippen molar-refractivity contribution < 1.29 is 9.53 Å². The first-order valence-corrected chi connectivity index (χ1v) is 7.34. The van der Waals surface area contributed by atoms with E-state index in [4.69, 9.17) is 4.74 Å². The van der Waals surface area contributed by atoms with Gasteiger partial charge in [-0.15, -0.1) is 0 Å². The average molecular weight is 310 g/mol. The number of carbonyl (C=O) groups is 1. The zero-order valence-electron chi connectivity index (χ0n) is 13.3. The molecule has 0 fully saturated rings. The van der Waals surface area contributed by atoms with E-state index in [1.807, 2.05) is 51.1 Å². The van der Waals surface area contributed by atoms with Gasteiger partial charge in [-0.2, -0.15) is 5.10 Å². The zero-order valence-corrected chi connectivity index (χ0v) is 13.3. The standard InChI is InChI=1S/C17H18N4O2/c1-10-4-7-14(11(2)8-10)23-9-15(22)19-17-13-6-5-12(3)18-16(13)20-21-17/h4-8H,9H2,1-3H3,(H2,18,19,20,21,22). The van der Waals surface area contributed by atoms with Gasteiger partial charge in [-0.25, -0.2) is 4.98 Å². The Hall–Kier alpha value is -2.89. The molecular formula is C17H18N4O2. The minimum Gasteiger partial charge on any atom is -0.483 e. The van der Waals surface area contributed by atoms with Crippen LogP contribution in [0, 0.1) is 20.8 Å². The molecule has 3 rings (SSSR count). The number of aromatic nitrogens is 3. The van der Waals surface area contributed by atoms with E-state index >= 15 is 0 Å². The molecule has 0 unspecified atom stereocenters. The van der Waals surface area contributed by atoms with Crippen LogP contribution in [-0.2, 0) is 4.79 Å². The van der Waals surface area contributed by atoms with Crippen LogP contribution in [0.15, 0.2) is 30.3 Å². The topological polar surface area (TPSA) is 79.9 Å². The van der Waals surface area contributed by atoms with Crippen molar-refractivity contribution in [1.82, 2.24) is 15.2 Å². The molecule has 2 aromatic heterocycles.